The molecule has 0 atom stereocenters. The summed E-state index contributed by atoms with van der Waals surface area (Å²) in [6.07, 6.45) is 0. The van der Waals surface area contributed by atoms with Gasteiger partial charge in [0, 0.05) is 0 Å². The van der Waals surface area contributed by atoms with E-state index in [1.54, 1.807) is 0 Å². The lowest BCUT2D eigenvalue weighted by Gasteiger charge is -1.95. The topological polar surface area (TPSA) is 98.3 Å². The monoisotopic (exact) mass is 219 g/mol. The van der Waals surface area contributed by atoms with Crippen molar-refractivity contribution in [2.45, 2.75) is 6.92 Å². The summed E-state index contributed by atoms with van der Waals surface area (Å²) in [5.41, 5.74) is -0.261. The highest BCUT2D eigenvalue weighted by molar-refractivity contribution is 6.29. The number of aromatic nitrogens is 1. The first kappa shape index (κ1) is 10.5. The molecule has 1 aromatic rings. The van der Waals surface area contributed by atoms with Gasteiger partial charge in [0.1, 0.15) is 5.88 Å². The average Bonchev–Trinajstić information content (AvgIpc) is 2.46. The summed E-state index contributed by atoms with van der Waals surface area (Å²) in [6.45, 7) is 1.40. The first-order chi connectivity index (χ1) is 6.56. The molecule has 7 nitrogen and oxygen atoms in total. The van der Waals surface area contributed by atoms with Crippen LogP contribution in [0.5, 0.6) is 0 Å². The van der Waals surface area contributed by atoms with Crippen LogP contribution >= 0.6 is 11.6 Å². The second-order valence-corrected chi connectivity index (χ2v) is 2.65. The third-order valence-corrected chi connectivity index (χ3v) is 1.63. The fraction of sp³-hybridized carbons (Fsp3) is 0.333. The summed E-state index contributed by atoms with van der Waals surface area (Å²) >= 11 is 5.20. The van der Waals surface area contributed by atoms with Crippen LogP contribution in [0.25, 0.3) is 0 Å². The Kier molecular flexibility index (Phi) is 3.03. The molecule has 76 valence electrons. The van der Waals surface area contributed by atoms with Crippen molar-refractivity contribution in [2.24, 2.45) is 0 Å². The molecule has 0 saturated carbocycles. The van der Waals surface area contributed by atoms with Crippen molar-refractivity contribution in [1.29, 1.82) is 0 Å². The Hall–Kier alpha value is -1.63. The van der Waals surface area contributed by atoms with Crippen molar-refractivity contribution in [1.82, 2.24) is 5.16 Å². The maximum Gasteiger partial charge on any atom is 0.356 e. The van der Waals surface area contributed by atoms with Gasteiger partial charge >= 0.3 is 11.6 Å². The van der Waals surface area contributed by atoms with Crippen molar-refractivity contribution < 1.29 is 14.2 Å². The number of nitrogens with one attached hydrogen (secondary N) is 1. The van der Waals surface area contributed by atoms with E-state index < -0.39 is 10.8 Å². The van der Waals surface area contributed by atoms with Gasteiger partial charge in [0.05, 0.1) is 4.92 Å². The predicted molar refractivity (Wildman–Crippen MR) is 47.2 cm³/mol. The van der Waals surface area contributed by atoms with E-state index in [2.05, 4.69) is 15.0 Å². The van der Waals surface area contributed by atoms with E-state index in [0.717, 1.165) is 0 Å². The molecule has 0 aliphatic heterocycles. The summed E-state index contributed by atoms with van der Waals surface area (Å²) in [7, 11) is 0. The number of amides is 1. The highest BCUT2D eigenvalue weighted by Gasteiger charge is 2.25. The molecule has 0 saturated heterocycles. The third kappa shape index (κ3) is 1.99. The van der Waals surface area contributed by atoms with Crippen LogP contribution in [0.3, 0.4) is 0 Å². The van der Waals surface area contributed by atoms with Crippen molar-refractivity contribution in [3.8, 4) is 0 Å². The Bertz CT molecular complexity index is 375. The largest absolute Gasteiger partial charge is 0.356 e. The molecule has 1 aromatic heterocycles. The molecule has 0 aromatic carbocycles. The third-order valence-electron chi connectivity index (χ3n) is 1.39. The standard InChI is InChI=1S/C6H6ClN3O4/c1-3-5(10(12)13)6(14-9-3)8-4(11)2-7/h2H2,1H3,(H,8,11). The van der Waals surface area contributed by atoms with Gasteiger partial charge in [-0.15, -0.1) is 11.6 Å². The molecule has 0 spiro atoms. The Morgan fingerprint density at radius 2 is 2.43 bits per heavy atom. The number of rotatable bonds is 3. The predicted octanol–water partition coefficient (Wildman–Crippen LogP) is 1.07. The molecule has 0 aliphatic carbocycles. The lowest BCUT2D eigenvalue weighted by molar-refractivity contribution is -0.384. The van der Waals surface area contributed by atoms with E-state index >= 15 is 0 Å². The zero-order valence-corrected chi connectivity index (χ0v) is 7.87. The first-order valence-corrected chi connectivity index (χ1v) is 4.06. The highest BCUT2D eigenvalue weighted by Crippen LogP contribution is 2.27. The Morgan fingerprint density at radius 1 is 1.79 bits per heavy atom. The number of alkyl halides is 1. The minimum absolute atomic E-state index is 0.0971. The van der Waals surface area contributed by atoms with Gasteiger partial charge in [0.25, 0.3) is 0 Å². The highest BCUT2D eigenvalue weighted by atomic mass is 35.5. The summed E-state index contributed by atoms with van der Waals surface area (Å²) in [6, 6.07) is 0. The Balaban J connectivity index is 2.98. The molecule has 1 N–H and O–H groups in total. The zero-order valence-electron chi connectivity index (χ0n) is 7.11. The summed E-state index contributed by atoms with van der Waals surface area (Å²) in [4.78, 5) is 20.6. The molecule has 0 fully saturated rings. The minimum Gasteiger partial charge on any atom is -0.330 e. The number of hydrogen-bond donors (Lipinski definition) is 1. The number of nitrogens with zero attached hydrogens (tertiary/aromatic N) is 2. The van der Waals surface area contributed by atoms with Crippen molar-refractivity contribution in [3.05, 3.63) is 15.8 Å². The molecule has 0 unspecified atom stereocenters. The normalized spacial score (nSPS) is 9.86. The summed E-state index contributed by atoms with van der Waals surface area (Å²) in [5, 5.41) is 16.0. The molecule has 0 radical (unpaired) electrons. The second kappa shape index (κ2) is 4.05. The van der Waals surface area contributed by atoms with Crippen LogP contribution in [0.15, 0.2) is 4.52 Å². The summed E-state index contributed by atoms with van der Waals surface area (Å²) in [5.74, 6) is -1.19. The van der Waals surface area contributed by atoms with Crippen molar-refractivity contribution in [3.63, 3.8) is 0 Å². The molecule has 8 heteroatoms. The summed E-state index contributed by atoms with van der Waals surface area (Å²) < 4.78 is 4.55. The number of anilines is 1. The van der Waals surface area contributed by atoms with Crippen LogP contribution < -0.4 is 5.32 Å². The number of carbonyl (C=O) groups excluding carboxylic acids is 1. The number of aryl methyl sites for hydroxylation is 1. The van der Waals surface area contributed by atoms with Gasteiger partial charge in [-0.05, 0) is 6.92 Å². The molecule has 14 heavy (non-hydrogen) atoms. The number of hydrogen-bond acceptors (Lipinski definition) is 5. The molecule has 1 heterocycles. The van der Waals surface area contributed by atoms with Crippen LogP contribution in [-0.2, 0) is 4.79 Å². The molecule has 0 bridgehead atoms. The fourth-order valence-corrected chi connectivity index (χ4v) is 0.889. The molecular formula is C6H6ClN3O4. The number of halogens is 1. The van der Waals surface area contributed by atoms with Gasteiger partial charge in [-0.25, -0.2) is 0 Å². The van der Waals surface area contributed by atoms with Gasteiger partial charge in [-0.3, -0.25) is 20.2 Å². The van der Waals surface area contributed by atoms with Crippen LogP contribution in [0.1, 0.15) is 5.69 Å². The van der Waals surface area contributed by atoms with Crippen LogP contribution in [0.4, 0.5) is 11.6 Å². The van der Waals surface area contributed by atoms with Gasteiger partial charge in [0.2, 0.25) is 5.91 Å². The van der Waals surface area contributed by atoms with Gasteiger partial charge in [0.15, 0.2) is 5.69 Å². The minimum atomic E-state index is -0.685. The van der Waals surface area contributed by atoms with Crippen LogP contribution in [0.2, 0.25) is 0 Å². The molecular weight excluding hydrogens is 214 g/mol. The van der Waals surface area contributed by atoms with Gasteiger partial charge in [-0.2, -0.15) is 0 Å². The molecule has 1 amide bonds. The lowest BCUT2D eigenvalue weighted by Crippen LogP contribution is -2.12. The maximum atomic E-state index is 10.8. The van der Waals surface area contributed by atoms with Crippen molar-refractivity contribution in [2.75, 3.05) is 11.2 Å². The fourth-order valence-electron chi connectivity index (χ4n) is 0.822. The second-order valence-electron chi connectivity index (χ2n) is 2.38. The number of carbonyl (C=O) groups is 1. The quantitative estimate of drug-likeness (QED) is 0.466. The van der Waals surface area contributed by atoms with E-state index in [0.29, 0.717) is 0 Å². The zero-order chi connectivity index (χ0) is 10.7. The van der Waals surface area contributed by atoms with Gasteiger partial charge < -0.3 is 4.52 Å². The molecule has 1 rings (SSSR count). The van der Waals surface area contributed by atoms with E-state index in [1.165, 1.54) is 6.92 Å². The van der Waals surface area contributed by atoms with E-state index in [1.807, 2.05) is 0 Å². The SMILES string of the molecule is Cc1noc(NC(=O)CCl)c1[N+](=O)[O-]. The van der Waals surface area contributed by atoms with E-state index in [-0.39, 0.29) is 23.1 Å². The Morgan fingerprint density at radius 3 is 2.93 bits per heavy atom. The lowest BCUT2D eigenvalue weighted by atomic mass is 10.4. The molecule has 0 aliphatic rings. The van der Waals surface area contributed by atoms with Crippen LogP contribution in [-0.4, -0.2) is 21.9 Å². The van der Waals surface area contributed by atoms with E-state index in [9.17, 15) is 14.9 Å². The smallest absolute Gasteiger partial charge is 0.330 e. The van der Waals surface area contributed by atoms with Gasteiger partial charge in [-0.1, -0.05) is 5.16 Å². The van der Waals surface area contributed by atoms with E-state index in [4.69, 9.17) is 11.6 Å². The van der Waals surface area contributed by atoms with Crippen molar-refractivity contribution >= 4 is 29.1 Å². The first-order valence-electron chi connectivity index (χ1n) is 3.52. The van der Waals surface area contributed by atoms with Crippen LogP contribution in [0, 0.1) is 17.0 Å². The maximum absolute atomic E-state index is 10.8. The Labute approximate surface area is 83.2 Å². The number of nitro groups is 1. The average molecular weight is 220 g/mol.